The molecule has 30 heavy (non-hydrogen) atoms. The number of imide groups is 1. The summed E-state index contributed by atoms with van der Waals surface area (Å²) in [6.45, 7) is 2.41. The minimum absolute atomic E-state index is 0.0235. The fourth-order valence-electron chi connectivity index (χ4n) is 4.79. The fraction of sp³-hybridized carbons (Fsp3) is 0.545. The van der Waals surface area contributed by atoms with Crippen LogP contribution in [-0.4, -0.2) is 47.3 Å². The van der Waals surface area contributed by atoms with Crippen molar-refractivity contribution in [1.82, 2.24) is 10.2 Å². The van der Waals surface area contributed by atoms with Crippen molar-refractivity contribution in [3.05, 3.63) is 24.3 Å². The van der Waals surface area contributed by atoms with Gasteiger partial charge in [0.25, 0.3) is 5.91 Å². The van der Waals surface area contributed by atoms with Gasteiger partial charge >= 0.3 is 6.03 Å². The minimum Gasteiger partial charge on any atom is -0.323 e. The van der Waals surface area contributed by atoms with Gasteiger partial charge in [0.2, 0.25) is 11.8 Å². The zero-order valence-corrected chi connectivity index (χ0v) is 17.3. The van der Waals surface area contributed by atoms with Crippen molar-refractivity contribution in [1.29, 1.82) is 0 Å². The second-order valence-electron chi connectivity index (χ2n) is 8.47. The molecular formula is C22H28N4O4. The lowest BCUT2D eigenvalue weighted by Gasteiger charge is -2.34. The van der Waals surface area contributed by atoms with Crippen molar-refractivity contribution in [2.75, 3.05) is 23.3 Å². The lowest BCUT2D eigenvalue weighted by atomic mass is 9.75. The average molecular weight is 412 g/mol. The molecule has 1 aromatic carbocycles. The molecule has 160 valence electrons. The fourth-order valence-corrected chi connectivity index (χ4v) is 4.79. The lowest BCUT2D eigenvalue weighted by Crippen LogP contribution is -2.49. The van der Waals surface area contributed by atoms with Crippen LogP contribution in [0.4, 0.5) is 16.2 Å². The Labute approximate surface area is 176 Å². The van der Waals surface area contributed by atoms with Crippen molar-refractivity contribution < 1.29 is 19.2 Å². The number of nitrogens with zero attached hydrogens (tertiary/aromatic N) is 2. The lowest BCUT2D eigenvalue weighted by molar-refractivity contribution is -0.135. The van der Waals surface area contributed by atoms with Crippen LogP contribution in [0.25, 0.3) is 0 Å². The van der Waals surface area contributed by atoms with Crippen LogP contribution in [-0.2, 0) is 14.4 Å². The van der Waals surface area contributed by atoms with Gasteiger partial charge in [-0.1, -0.05) is 25.5 Å². The Morgan fingerprint density at radius 2 is 1.93 bits per heavy atom. The van der Waals surface area contributed by atoms with Gasteiger partial charge in [-0.15, -0.1) is 0 Å². The van der Waals surface area contributed by atoms with E-state index >= 15 is 0 Å². The maximum Gasteiger partial charge on any atom is 0.325 e. The van der Waals surface area contributed by atoms with Gasteiger partial charge in [-0.05, 0) is 50.2 Å². The first-order chi connectivity index (χ1) is 14.4. The minimum atomic E-state index is -0.858. The smallest absolute Gasteiger partial charge is 0.323 e. The van der Waals surface area contributed by atoms with E-state index in [0.29, 0.717) is 43.1 Å². The first-order valence-corrected chi connectivity index (χ1v) is 10.8. The number of hydrogen-bond donors (Lipinski definition) is 2. The molecule has 2 aliphatic heterocycles. The van der Waals surface area contributed by atoms with Crippen LogP contribution < -0.4 is 15.5 Å². The molecule has 2 saturated heterocycles. The van der Waals surface area contributed by atoms with E-state index in [1.54, 1.807) is 23.1 Å². The Bertz CT molecular complexity index is 876. The predicted octanol–water partition coefficient (Wildman–Crippen LogP) is 2.64. The molecule has 0 unspecified atom stereocenters. The second kappa shape index (κ2) is 8.08. The number of amides is 5. The van der Waals surface area contributed by atoms with E-state index in [9.17, 15) is 19.2 Å². The van der Waals surface area contributed by atoms with E-state index in [2.05, 4.69) is 17.6 Å². The highest BCUT2D eigenvalue weighted by molar-refractivity contribution is 6.10. The van der Waals surface area contributed by atoms with Crippen molar-refractivity contribution in [2.45, 2.75) is 57.4 Å². The zero-order chi connectivity index (χ0) is 21.3. The van der Waals surface area contributed by atoms with Crippen LogP contribution in [0.3, 0.4) is 0 Å². The Kier molecular flexibility index (Phi) is 5.49. The Morgan fingerprint density at radius 1 is 1.20 bits per heavy atom. The predicted molar refractivity (Wildman–Crippen MR) is 112 cm³/mol. The van der Waals surface area contributed by atoms with E-state index < -0.39 is 17.5 Å². The first kappa shape index (κ1) is 20.4. The summed E-state index contributed by atoms with van der Waals surface area (Å²) in [5.74, 6) is -0.157. The summed E-state index contributed by atoms with van der Waals surface area (Å²) in [7, 11) is 0. The van der Waals surface area contributed by atoms with Crippen molar-refractivity contribution in [3.8, 4) is 0 Å². The van der Waals surface area contributed by atoms with Gasteiger partial charge in [-0.3, -0.25) is 19.3 Å². The molecule has 0 bridgehead atoms. The van der Waals surface area contributed by atoms with Crippen LogP contribution in [0.2, 0.25) is 0 Å². The molecule has 5 amide bonds. The molecule has 3 aliphatic rings. The highest BCUT2D eigenvalue weighted by Gasteiger charge is 2.52. The summed E-state index contributed by atoms with van der Waals surface area (Å²) < 4.78 is 0. The summed E-state index contributed by atoms with van der Waals surface area (Å²) in [5.41, 5.74) is 0.283. The number of nitrogens with one attached hydrogen (secondary N) is 2. The summed E-state index contributed by atoms with van der Waals surface area (Å²) in [6.07, 6.45) is 5.39. The highest BCUT2D eigenvalue weighted by atomic mass is 16.2. The number of urea groups is 1. The molecule has 1 spiro atoms. The van der Waals surface area contributed by atoms with E-state index in [-0.39, 0.29) is 18.4 Å². The molecule has 4 rings (SSSR count). The highest BCUT2D eigenvalue weighted by Crippen LogP contribution is 2.37. The number of benzene rings is 1. The van der Waals surface area contributed by atoms with Crippen LogP contribution in [0.5, 0.6) is 0 Å². The Hall–Kier alpha value is -2.90. The number of para-hydroxylation sites is 2. The van der Waals surface area contributed by atoms with Crippen LogP contribution in [0, 0.1) is 5.92 Å². The summed E-state index contributed by atoms with van der Waals surface area (Å²) >= 11 is 0. The topological polar surface area (TPSA) is 98.8 Å². The molecule has 1 aromatic rings. The van der Waals surface area contributed by atoms with Gasteiger partial charge in [0, 0.05) is 13.0 Å². The third-order valence-electron chi connectivity index (χ3n) is 6.63. The maximum absolute atomic E-state index is 13.0. The molecule has 2 heterocycles. The number of hydrogen-bond acceptors (Lipinski definition) is 4. The molecule has 1 aliphatic carbocycles. The molecular weight excluding hydrogens is 384 g/mol. The van der Waals surface area contributed by atoms with Crippen molar-refractivity contribution in [3.63, 3.8) is 0 Å². The third kappa shape index (κ3) is 3.66. The SMILES string of the molecule is CCC1CCC2(CC1)NC(=O)N(CC(=O)Nc1ccccc1N1CCCC1=O)C2=O. The van der Waals surface area contributed by atoms with Gasteiger partial charge in [0.15, 0.2) is 0 Å². The van der Waals surface area contributed by atoms with Crippen LogP contribution in [0.1, 0.15) is 51.9 Å². The molecule has 8 heteroatoms. The average Bonchev–Trinajstić information content (AvgIpc) is 3.26. The molecule has 0 aromatic heterocycles. The third-order valence-corrected chi connectivity index (χ3v) is 6.63. The molecule has 1 saturated carbocycles. The van der Waals surface area contributed by atoms with E-state index in [4.69, 9.17) is 0 Å². The number of carbonyl (C=O) groups is 4. The number of carbonyl (C=O) groups excluding carboxylic acids is 4. The van der Waals surface area contributed by atoms with Crippen molar-refractivity contribution in [2.24, 2.45) is 5.92 Å². The van der Waals surface area contributed by atoms with E-state index in [0.717, 1.165) is 30.6 Å². The van der Waals surface area contributed by atoms with Crippen LogP contribution >= 0.6 is 0 Å². The zero-order valence-electron chi connectivity index (χ0n) is 17.3. The molecule has 0 atom stereocenters. The largest absolute Gasteiger partial charge is 0.325 e. The second-order valence-corrected chi connectivity index (χ2v) is 8.47. The maximum atomic E-state index is 13.0. The Morgan fingerprint density at radius 3 is 2.60 bits per heavy atom. The van der Waals surface area contributed by atoms with Gasteiger partial charge in [0.1, 0.15) is 12.1 Å². The van der Waals surface area contributed by atoms with Gasteiger partial charge in [-0.25, -0.2) is 4.79 Å². The van der Waals surface area contributed by atoms with E-state index in [1.807, 2.05) is 6.07 Å². The van der Waals surface area contributed by atoms with Gasteiger partial charge in [0.05, 0.1) is 11.4 Å². The first-order valence-electron chi connectivity index (χ1n) is 10.8. The van der Waals surface area contributed by atoms with Crippen molar-refractivity contribution >= 4 is 35.1 Å². The summed E-state index contributed by atoms with van der Waals surface area (Å²) in [6, 6.07) is 6.58. The van der Waals surface area contributed by atoms with Gasteiger partial charge < -0.3 is 15.5 Å². The van der Waals surface area contributed by atoms with Gasteiger partial charge in [-0.2, -0.15) is 0 Å². The molecule has 2 N–H and O–H groups in total. The summed E-state index contributed by atoms with van der Waals surface area (Å²) in [4.78, 5) is 52.9. The van der Waals surface area contributed by atoms with Crippen LogP contribution in [0.15, 0.2) is 24.3 Å². The standard InChI is InChI=1S/C22H28N4O4/c1-2-15-9-11-22(12-10-15)20(29)26(21(30)24-22)14-18(27)23-16-6-3-4-7-17(16)25-13-5-8-19(25)28/h3-4,6-7,15H,2,5,8-14H2,1H3,(H,23,27)(H,24,30). The molecule has 0 radical (unpaired) electrons. The molecule has 3 fully saturated rings. The summed E-state index contributed by atoms with van der Waals surface area (Å²) in [5, 5.41) is 5.63. The van der Waals surface area contributed by atoms with E-state index in [1.165, 1.54) is 0 Å². The number of rotatable bonds is 5. The molecule has 8 nitrogen and oxygen atoms in total. The monoisotopic (exact) mass is 412 g/mol. The quantitative estimate of drug-likeness (QED) is 0.727. The Balaban J connectivity index is 1.43. The normalized spacial score (nSPS) is 26.4. The number of anilines is 2.